The molecule has 0 aliphatic carbocycles. The number of nitrogens with one attached hydrogen (secondary N) is 1. The highest BCUT2D eigenvalue weighted by Crippen LogP contribution is 2.22. The molecule has 0 aromatic heterocycles. The number of benzene rings is 2. The third kappa shape index (κ3) is 4.46. The first-order chi connectivity index (χ1) is 13.1. The number of aryl methyl sites for hydroxylation is 1. The van der Waals surface area contributed by atoms with E-state index in [1.165, 1.54) is 30.3 Å². The van der Waals surface area contributed by atoms with Gasteiger partial charge in [-0.1, -0.05) is 6.07 Å². The zero-order valence-corrected chi connectivity index (χ0v) is 16.1. The predicted molar refractivity (Wildman–Crippen MR) is 99.6 cm³/mol. The fraction of sp³-hybridized carbons (Fsp3) is 0.167. The molecular formula is C18H18N2O7S. The second-order valence-electron chi connectivity index (χ2n) is 5.73. The first kappa shape index (κ1) is 20.9. The highest BCUT2D eigenvalue weighted by molar-refractivity contribution is 7.92. The molecule has 0 aliphatic heterocycles. The van der Waals surface area contributed by atoms with E-state index in [1.807, 2.05) is 0 Å². The number of carbonyl (C=O) groups is 3. The van der Waals surface area contributed by atoms with Crippen LogP contribution < -0.4 is 10.5 Å². The van der Waals surface area contributed by atoms with Crippen molar-refractivity contribution in [2.45, 2.75) is 11.8 Å². The Labute approximate surface area is 161 Å². The molecule has 0 aliphatic rings. The van der Waals surface area contributed by atoms with Crippen LogP contribution in [0.3, 0.4) is 0 Å². The van der Waals surface area contributed by atoms with Gasteiger partial charge in [0, 0.05) is 5.56 Å². The minimum atomic E-state index is -4.15. The van der Waals surface area contributed by atoms with Gasteiger partial charge in [-0.15, -0.1) is 0 Å². The number of anilines is 1. The van der Waals surface area contributed by atoms with Crippen LogP contribution in [0, 0.1) is 6.92 Å². The maximum Gasteiger partial charge on any atom is 0.337 e. The molecule has 0 atom stereocenters. The summed E-state index contributed by atoms with van der Waals surface area (Å²) >= 11 is 0. The highest BCUT2D eigenvalue weighted by atomic mass is 32.2. The molecule has 3 N–H and O–H groups in total. The lowest BCUT2D eigenvalue weighted by atomic mass is 10.1. The Morgan fingerprint density at radius 1 is 0.929 bits per heavy atom. The summed E-state index contributed by atoms with van der Waals surface area (Å²) < 4.78 is 36.9. The summed E-state index contributed by atoms with van der Waals surface area (Å²) in [5.74, 6) is -2.30. The van der Waals surface area contributed by atoms with Gasteiger partial charge in [0.05, 0.1) is 35.9 Å². The van der Waals surface area contributed by atoms with Crippen molar-refractivity contribution >= 4 is 33.6 Å². The molecule has 9 nitrogen and oxygen atoms in total. The minimum Gasteiger partial charge on any atom is -0.465 e. The van der Waals surface area contributed by atoms with Crippen LogP contribution in [0.15, 0.2) is 41.3 Å². The summed E-state index contributed by atoms with van der Waals surface area (Å²) in [6.45, 7) is 1.62. The zero-order valence-electron chi connectivity index (χ0n) is 15.3. The second-order valence-corrected chi connectivity index (χ2v) is 7.41. The zero-order chi connectivity index (χ0) is 21.1. The molecule has 0 fully saturated rings. The lowest BCUT2D eigenvalue weighted by Crippen LogP contribution is -2.17. The van der Waals surface area contributed by atoms with Crippen molar-refractivity contribution in [3.63, 3.8) is 0 Å². The summed E-state index contributed by atoms with van der Waals surface area (Å²) in [5, 5.41) is 0. The number of hydrogen-bond donors (Lipinski definition) is 2. The molecule has 2 aromatic carbocycles. The smallest absolute Gasteiger partial charge is 0.337 e. The topological polar surface area (TPSA) is 142 Å². The van der Waals surface area contributed by atoms with Gasteiger partial charge in [0.15, 0.2) is 0 Å². The monoisotopic (exact) mass is 406 g/mol. The van der Waals surface area contributed by atoms with Gasteiger partial charge < -0.3 is 15.2 Å². The van der Waals surface area contributed by atoms with Crippen LogP contribution in [-0.2, 0) is 19.5 Å². The van der Waals surface area contributed by atoms with Crippen LogP contribution in [0.1, 0.15) is 36.6 Å². The van der Waals surface area contributed by atoms with E-state index in [0.29, 0.717) is 5.56 Å². The molecule has 148 valence electrons. The number of methoxy groups -OCH3 is 2. The van der Waals surface area contributed by atoms with Gasteiger partial charge in [0.25, 0.3) is 10.0 Å². The van der Waals surface area contributed by atoms with Crippen LogP contribution in [0.2, 0.25) is 0 Å². The molecule has 2 aromatic rings. The number of hydrogen-bond acceptors (Lipinski definition) is 7. The van der Waals surface area contributed by atoms with Crippen molar-refractivity contribution in [2.75, 3.05) is 18.9 Å². The number of nitrogens with two attached hydrogens (primary N) is 1. The van der Waals surface area contributed by atoms with Gasteiger partial charge in [-0.05, 0) is 42.8 Å². The van der Waals surface area contributed by atoms with Crippen LogP contribution in [-0.4, -0.2) is 40.5 Å². The Balaban J connectivity index is 2.51. The number of rotatable bonds is 6. The van der Waals surface area contributed by atoms with E-state index in [1.54, 1.807) is 6.92 Å². The van der Waals surface area contributed by atoms with E-state index in [2.05, 4.69) is 14.2 Å². The fourth-order valence-electron chi connectivity index (χ4n) is 2.41. The van der Waals surface area contributed by atoms with Gasteiger partial charge in [-0.3, -0.25) is 9.52 Å². The maximum atomic E-state index is 12.7. The molecule has 0 heterocycles. The largest absolute Gasteiger partial charge is 0.465 e. The molecule has 0 spiro atoms. The van der Waals surface area contributed by atoms with E-state index in [0.717, 1.165) is 20.3 Å². The van der Waals surface area contributed by atoms with E-state index in [4.69, 9.17) is 5.73 Å². The second kappa shape index (κ2) is 8.09. The lowest BCUT2D eigenvalue weighted by Gasteiger charge is -2.12. The summed E-state index contributed by atoms with van der Waals surface area (Å²) in [6, 6.07) is 7.52. The van der Waals surface area contributed by atoms with E-state index >= 15 is 0 Å². The number of ether oxygens (including phenoxy) is 2. The minimum absolute atomic E-state index is 0.0511. The number of primary amides is 1. The Morgan fingerprint density at radius 3 is 1.93 bits per heavy atom. The molecule has 0 saturated heterocycles. The van der Waals surface area contributed by atoms with Crippen molar-refractivity contribution in [1.29, 1.82) is 0 Å². The third-order valence-corrected chi connectivity index (χ3v) is 5.19. The molecule has 28 heavy (non-hydrogen) atoms. The summed E-state index contributed by atoms with van der Waals surface area (Å²) in [5.41, 5.74) is 5.67. The highest BCUT2D eigenvalue weighted by Gasteiger charge is 2.20. The van der Waals surface area contributed by atoms with Gasteiger partial charge in [-0.25, -0.2) is 18.0 Å². The van der Waals surface area contributed by atoms with E-state index in [9.17, 15) is 22.8 Å². The Bertz CT molecular complexity index is 1030. The third-order valence-electron chi connectivity index (χ3n) is 3.81. The Hall–Kier alpha value is -3.40. The van der Waals surface area contributed by atoms with Crippen LogP contribution in [0.25, 0.3) is 0 Å². The van der Waals surface area contributed by atoms with Crippen molar-refractivity contribution in [2.24, 2.45) is 5.73 Å². The standard InChI is InChI=1S/C18H18N2O7S/c1-10-4-5-14(9-15(10)16(19)21)28(24,25)20-13-7-11(17(22)26-2)6-12(8-13)18(23)27-3/h4-9,20H,1-3H3,(H2,19,21). The first-order valence-corrected chi connectivity index (χ1v) is 9.32. The molecule has 2 rings (SSSR count). The lowest BCUT2D eigenvalue weighted by molar-refractivity contribution is 0.0599. The Kier molecular flexibility index (Phi) is 6.04. The van der Waals surface area contributed by atoms with Gasteiger partial charge in [0.1, 0.15) is 0 Å². The summed E-state index contributed by atoms with van der Waals surface area (Å²) in [4.78, 5) is 34.9. The van der Waals surface area contributed by atoms with Crippen molar-refractivity contribution in [1.82, 2.24) is 0 Å². The summed E-state index contributed by atoms with van der Waals surface area (Å²) in [7, 11) is -1.85. The molecule has 0 unspecified atom stereocenters. The van der Waals surface area contributed by atoms with Gasteiger partial charge >= 0.3 is 11.9 Å². The molecule has 0 saturated carbocycles. The maximum absolute atomic E-state index is 12.7. The molecule has 0 bridgehead atoms. The molecular weight excluding hydrogens is 388 g/mol. The molecule has 0 radical (unpaired) electrons. The average molecular weight is 406 g/mol. The van der Waals surface area contributed by atoms with Crippen LogP contribution >= 0.6 is 0 Å². The van der Waals surface area contributed by atoms with Gasteiger partial charge in [0.2, 0.25) is 5.91 Å². The molecule has 1 amide bonds. The van der Waals surface area contributed by atoms with Crippen molar-refractivity contribution in [3.8, 4) is 0 Å². The number of esters is 2. The normalized spacial score (nSPS) is 10.8. The number of sulfonamides is 1. The first-order valence-electron chi connectivity index (χ1n) is 7.84. The van der Waals surface area contributed by atoms with Gasteiger partial charge in [-0.2, -0.15) is 0 Å². The Morgan fingerprint density at radius 2 is 1.46 bits per heavy atom. The average Bonchev–Trinajstić information content (AvgIpc) is 2.65. The quantitative estimate of drug-likeness (QED) is 0.692. The number of amides is 1. The predicted octanol–water partition coefficient (Wildman–Crippen LogP) is 1.47. The number of carbonyl (C=O) groups excluding carboxylic acids is 3. The van der Waals surface area contributed by atoms with E-state index < -0.39 is 27.9 Å². The van der Waals surface area contributed by atoms with E-state index in [-0.39, 0.29) is 27.3 Å². The van der Waals surface area contributed by atoms with Crippen LogP contribution in [0.4, 0.5) is 5.69 Å². The van der Waals surface area contributed by atoms with Crippen LogP contribution in [0.5, 0.6) is 0 Å². The molecule has 10 heteroatoms. The van der Waals surface area contributed by atoms with Crippen molar-refractivity contribution < 1.29 is 32.3 Å². The summed E-state index contributed by atoms with van der Waals surface area (Å²) in [6.07, 6.45) is 0. The van der Waals surface area contributed by atoms with Crippen molar-refractivity contribution in [3.05, 3.63) is 58.7 Å². The SMILES string of the molecule is COC(=O)c1cc(NS(=O)(=O)c2ccc(C)c(C(N)=O)c2)cc(C(=O)OC)c1. The fourth-order valence-corrected chi connectivity index (χ4v) is 3.47.